The van der Waals surface area contributed by atoms with Gasteiger partial charge in [0.25, 0.3) is 0 Å². The van der Waals surface area contributed by atoms with Crippen LogP contribution in [0.1, 0.15) is 51.3 Å². The van der Waals surface area contributed by atoms with E-state index in [2.05, 4.69) is 45.0 Å². The van der Waals surface area contributed by atoms with Crippen molar-refractivity contribution < 1.29 is 13.6 Å². The number of carbonyl (C=O) groups is 1. The van der Waals surface area contributed by atoms with E-state index >= 15 is 0 Å². The van der Waals surface area contributed by atoms with Crippen LogP contribution in [0.2, 0.25) is 18.1 Å². The van der Waals surface area contributed by atoms with Gasteiger partial charge < -0.3 is 9.22 Å². The lowest BCUT2D eigenvalue weighted by Crippen LogP contribution is -2.47. The first-order valence-corrected chi connectivity index (χ1v) is 14.1. The summed E-state index contributed by atoms with van der Waals surface area (Å²) in [6.45, 7) is 12.0. The highest BCUT2D eigenvalue weighted by molar-refractivity contribution is 6.74. The zero-order chi connectivity index (χ0) is 22.4. The Balaban J connectivity index is 1.70. The van der Waals surface area contributed by atoms with Gasteiger partial charge in [-0.25, -0.2) is 9.07 Å². The van der Waals surface area contributed by atoms with E-state index in [0.29, 0.717) is 6.61 Å². The minimum atomic E-state index is -1.92. The number of benzene rings is 1. The molecule has 0 saturated heterocycles. The summed E-state index contributed by atoms with van der Waals surface area (Å²) >= 11 is 0. The van der Waals surface area contributed by atoms with Crippen LogP contribution in [-0.4, -0.2) is 31.0 Å². The first kappa shape index (κ1) is 22.2. The van der Waals surface area contributed by atoms with Crippen molar-refractivity contribution in [3.63, 3.8) is 0 Å². The molecule has 0 aliphatic heterocycles. The maximum absolute atomic E-state index is 13.4. The summed E-state index contributed by atoms with van der Waals surface area (Å²) in [5.41, 5.74) is 4.29. The van der Waals surface area contributed by atoms with E-state index in [9.17, 15) is 9.18 Å². The molecule has 1 fully saturated rings. The van der Waals surface area contributed by atoms with E-state index < -0.39 is 8.32 Å². The van der Waals surface area contributed by atoms with Crippen molar-refractivity contribution in [1.29, 1.82) is 0 Å². The summed E-state index contributed by atoms with van der Waals surface area (Å²) in [5, 5.41) is 4.76. The van der Waals surface area contributed by atoms with Crippen LogP contribution in [0.4, 0.5) is 4.39 Å². The number of fused-ring (bicyclic) bond motifs is 2. The largest absolute Gasteiger partial charge is 0.564 e. The highest BCUT2D eigenvalue weighted by Crippen LogP contribution is 2.51. The Morgan fingerprint density at radius 1 is 1.29 bits per heavy atom. The van der Waals surface area contributed by atoms with Gasteiger partial charge in [0.15, 0.2) is 0 Å². The molecule has 1 aromatic carbocycles. The molecule has 4 rings (SSSR count). The van der Waals surface area contributed by atoms with E-state index in [1.165, 1.54) is 23.3 Å². The highest BCUT2D eigenvalue weighted by atomic mass is 28.4. The van der Waals surface area contributed by atoms with Crippen molar-refractivity contribution in [3.05, 3.63) is 53.1 Å². The van der Waals surface area contributed by atoms with Gasteiger partial charge in [-0.2, -0.15) is 5.10 Å². The zero-order valence-electron chi connectivity index (χ0n) is 19.2. The SMILES string of the molecule is CC(C)(C)[Si-](C)(C)OC[C@]12Cc3cnn(-c4ccc(F)cc4)c3C=C1CCC(C=O)C2. The number of aldehydes is 1. The molecular formula is C25H33FN2O2Si-. The average molecular weight is 441 g/mol. The van der Waals surface area contributed by atoms with E-state index in [4.69, 9.17) is 4.43 Å². The predicted molar refractivity (Wildman–Crippen MR) is 124 cm³/mol. The van der Waals surface area contributed by atoms with Crippen molar-refractivity contribution in [2.45, 2.75) is 64.6 Å². The number of hydrogen-bond acceptors (Lipinski definition) is 3. The van der Waals surface area contributed by atoms with Crippen LogP contribution < -0.4 is 0 Å². The summed E-state index contributed by atoms with van der Waals surface area (Å²) in [5.74, 6) is -0.175. The fraction of sp³-hybridized carbons (Fsp3) is 0.520. The lowest BCUT2D eigenvalue weighted by atomic mass is 9.62. The molecule has 0 spiro atoms. The Bertz CT molecular complexity index is 1000. The molecule has 0 N–H and O–H groups in total. The number of carbonyl (C=O) groups excluding carboxylic acids is 1. The van der Waals surface area contributed by atoms with Gasteiger partial charge in [0.05, 0.1) is 17.6 Å². The van der Waals surface area contributed by atoms with Gasteiger partial charge in [0.2, 0.25) is 0 Å². The molecule has 4 nitrogen and oxygen atoms in total. The molecule has 1 unspecified atom stereocenters. The average Bonchev–Trinajstić information content (AvgIpc) is 3.12. The Hall–Kier alpha value is -2.05. The number of aromatic nitrogens is 2. The van der Waals surface area contributed by atoms with Gasteiger partial charge >= 0.3 is 0 Å². The Morgan fingerprint density at radius 2 is 2.00 bits per heavy atom. The van der Waals surface area contributed by atoms with E-state index in [0.717, 1.165) is 43.4 Å². The second-order valence-corrected chi connectivity index (χ2v) is 15.6. The molecule has 6 heteroatoms. The lowest BCUT2D eigenvalue weighted by molar-refractivity contribution is -0.112. The second-order valence-electron chi connectivity index (χ2n) is 10.8. The predicted octanol–water partition coefficient (Wildman–Crippen LogP) is 5.96. The summed E-state index contributed by atoms with van der Waals surface area (Å²) < 4.78 is 22.0. The highest BCUT2D eigenvalue weighted by Gasteiger charge is 2.44. The van der Waals surface area contributed by atoms with Crippen LogP contribution >= 0.6 is 0 Å². The molecule has 2 aromatic rings. The number of rotatable bonds is 5. The van der Waals surface area contributed by atoms with Crippen molar-refractivity contribution in [2.75, 3.05) is 6.61 Å². The van der Waals surface area contributed by atoms with Crippen molar-refractivity contribution >= 4 is 20.7 Å². The summed E-state index contributed by atoms with van der Waals surface area (Å²) in [6, 6.07) is 6.44. The summed E-state index contributed by atoms with van der Waals surface area (Å²) in [6.07, 6.45) is 8.75. The van der Waals surface area contributed by atoms with Crippen LogP contribution in [-0.2, 0) is 15.6 Å². The molecule has 0 bridgehead atoms. The maximum atomic E-state index is 13.4. The summed E-state index contributed by atoms with van der Waals surface area (Å²) in [7, 11) is -1.92. The minimum Gasteiger partial charge on any atom is -0.564 e. The van der Waals surface area contributed by atoms with E-state index in [1.807, 2.05) is 10.9 Å². The monoisotopic (exact) mass is 440 g/mol. The first-order chi connectivity index (χ1) is 14.5. The van der Waals surface area contributed by atoms with Crippen molar-refractivity contribution in [2.24, 2.45) is 11.3 Å². The van der Waals surface area contributed by atoms with Gasteiger partial charge in [-0.1, -0.05) is 26.3 Å². The summed E-state index contributed by atoms with van der Waals surface area (Å²) in [4.78, 5) is 11.7. The minimum absolute atomic E-state index is 0.0776. The Kier molecular flexibility index (Phi) is 5.59. The normalized spacial score (nSPS) is 23.7. The van der Waals surface area contributed by atoms with Crippen LogP contribution in [0.15, 0.2) is 36.0 Å². The van der Waals surface area contributed by atoms with Crippen LogP contribution in [0, 0.1) is 17.2 Å². The van der Waals surface area contributed by atoms with Crippen molar-refractivity contribution in [3.8, 4) is 5.69 Å². The topological polar surface area (TPSA) is 44.1 Å². The Labute approximate surface area is 185 Å². The lowest BCUT2D eigenvalue weighted by Gasteiger charge is -2.53. The molecule has 1 saturated carbocycles. The fourth-order valence-electron chi connectivity index (χ4n) is 4.61. The zero-order valence-corrected chi connectivity index (χ0v) is 20.2. The van der Waals surface area contributed by atoms with Crippen molar-refractivity contribution in [1.82, 2.24) is 9.78 Å². The molecule has 1 heterocycles. The quantitative estimate of drug-likeness (QED) is 0.426. The van der Waals surface area contributed by atoms with Gasteiger partial charge in [0, 0.05) is 17.9 Å². The third-order valence-corrected chi connectivity index (χ3v) is 12.1. The maximum Gasteiger partial charge on any atom is 0.123 e. The molecular weight excluding hydrogens is 407 g/mol. The first-order valence-electron chi connectivity index (χ1n) is 11.2. The van der Waals surface area contributed by atoms with E-state index in [1.54, 1.807) is 12.1 Å². The number of halogens is 1. The molecule has 0 amide bonds. The van der Waals surface area contributed by atoms with Gasteiger partial charge in [0.1, 0.15) is 12.1 Å². The second kappa shape index (κ2) is 7.82. The number of hydrogen-bond donors (Lipinski definition) is 0. The van der Waals surface area contributed by atoms with Gasteiger partial charge in [-0.3, -0.25) is 0 Å². The van der Waals surface area contributed by atoms with Gasteiger partial charge in [-0.15, -0.1) is 18.1 Å². The standard InChI is InChI=1S/C25H33FN2O2Si/c1-24(2,3)31(4,5)30-17-25-13-18(16-29)6-7-20(25)12-23-19(14-25)15-27-28(23)22-10-8-21(26)9-11-22/h8-12,15-16,18H,6-7,13-14,17H2,1-5H3/q-1/t18?,25-/m0/s1. The number of nitrogens with zero attached hydrogens (tertiary/aromatic N) is 2. The molecule has 167 valence electrons. The third kappa shape index (κ3) is 4.08. The van der Waals surface area contributed by atoms with Crippen LogP contribution in [0.3, 0.4) is 0 Å². The molecule has 31 heavy (non-hydrogen) atoms. The molecule has 2 aliphatic carbocycles. The van der Waals surface area contributed by atoms with Crippen LogP contribution in [0.25, 0.3) is 11.8 Å². The molecule has 0 radical (unpaired) electrons. The Morgan fingerprint density at radius 3 is 2.65 bits per heavy atom. The van der Waals surface area contributed by atoms with E-state index in [-0.39, 0.29) is 22.2 Å². The van der Waals surface area contributed by atoms with Crippen LogP contribution in [0.5, 0.6) is 0 Å². The fourth-order valence-corrected chi connectivity index (χ4v) is 5.68. The molecule has 1 aromatic heterocycles. The molecule has 2 atom stereocenters. The third-order valence-electron chi connectivity index (χ3n) is 7.62. The smallest absolute Gasteiger partial charge is 0.123 e. The molecule has 2 aliphatic rings. The van der Waals surface area contributed by atoms with Gasteiger partial charge in [-0.05, 0) is 69.9 Å².